The van der Waals surface area contributed by atoms with Gasteiger partial charge in [0.2, 0.25) is 17.5 Å². The summed E-state index contributed by atoms with van der Waals surface area (Å²) in [6, 6.07) is 24.1. The fraction of sp³-hybridized carbons (Fsp3) is 0.200. The summed E-state index contributed by atoms with van der Waals surface area (Å²) < 4.78 is 11.6. The number of nitrogens with one attached hydrogen (secondary N) is 1. The van der Waals surface area contributed by atoms with Crippen LogP contribution in [0.1, 0.15) is 17.3 Å². The minimum absolute atomic E-state index is 0.00815. The number of oxazole rings is 1. The van der Waals surface area contributed by atoms with Crippen molar-refractivity contribution in [2.75, 3.05) is 33.1 Å². The highest BCUT2D eigenvalue weighted by Gasteiger charge is 2.21. The Labute approximate surface area is 181 Å². The smallest absolute Gasteiger partial charge is 0.232 e. The minimum atomic E-state index is 0.00815. The lowest BCUT2D eigenvalue weighted by Crippen LogP contribution is -2.27. The fourth-order valence-corrected chi connectivity index (χ4v) is 3.74. The molecule has 0 saturated heterocycles. The minimum Gasteiger partial charge on any atom is -0.496 e. The zero-order valence-electron chi connectivity index (χ0n) is 17.8. The molecule has 0 saturated carbocycles. The highest BCUT2D eigenvalue weighted by molar-refractivity contribution is 5.94. The van der Waals surface area contributed by atoms with Gasteiger partial charge in [0.1, 0.15) is 11.8 Å². The van der Waals surface area contributed by atoms with Crippen molar-refractivity contribution in [1.82, 2.24) is 9.88 Å². The van der Waals surface area contributed by atoms with Crippen LogP contribution in [0.5, 0.6) is 5.75 Å². The lowest BCUT2D eigenvalue weighted by Gasteiger charge is -2.26. The number of methoxy groups -OCH3 is 1. The molecule has 0 aliphatic heterocycles. The van der Waals surface area contributed by atoms with Crippen LogP contribution in [0.4, 0.5) is 5.88 Å². The van der Waals surface area contributed by atoms with Crippen molar-refractivity contribution in [3.63, 3.8) is 0 Å². The molecule has 1 aromatic heterocycles. The van der Waals surface area contributed by atoms with E-state index in [0.717, 1.165) is 27.6 Å². The van der Waals surface area contributed by atoms with Crippen LogP contribution in [0.15, 0.2) is 71.1 Å². The molecular formula is C25H24N4O2. The van der Waals surface area contributed by atoms with Gasteiger partial charge in [-0.25, -0.2) is 0 Å². The first-order valence-electron chi connectivity index (χ1n) is 10.0. The summed E-state index contributed by atoms with van der Waals surface area (Å²) in [5.74, 6) is 1.61. The highest BCUT2D eigenvalue weighted by atomic mass is 16.5. The molecule has 3 aromatic carbocycles. The van der Waals surface area contributed by atoms with E-state index < -0.39 is 0 Å². The number of hydrogen-bond donors (Lipinski definition) is 1. The highest BCUT2D eigenvalue weighted by Crippen LogP contribution is 2.32. The molecule has 0 spiro atoms. The van der Waals surface area contributed by atoms with E-state index >= 15 is 0 Å². The van der Waals surface area contributed by atoms with Crippen molar-refractivity contribution in [3.05, 3.63) is 78.0 Å². The summed E-state index contributed by atoms with van der Waals surface area (Å²) in [5.41, 5.74) is 2.15. The van der Waals surface area contributed by atoms with Gasteiger partial charge in [-0.1, -0.05) is 54.6 Å². The number of para-hydroxylation sites is 1. The Balaban J connectivity index is 1.65. The molecule has 1 atom stereocenters. The number of nitriles is 1. The summed E-state index contributed by atoms with van der Waals surface area (Å²) >= 11 is 0. The molecule has 6 nitrogen and oxygen atoms in total. The van der Waals surface area contributed by atoms with Gasteiger partial charge >= 0.3 is 0 Å². The number of hydrogen-bond acceptors (Lipinski definition) is 6. The predicted octanol–water partition coefficient (Wildman–Crippen LogP) is 5.09. The number of aromatic nitrogens is 1. The van der Waals surface area contributed by atoms with Crippen molar-refractivity contribution in [2.45, 2.75) is 6.04 Å². The molecule has 4 aromatic rings. The van der Waals surface area contributed by atoms with Crippen LogP contribution < -0.4 is 10.1 Å². The lowest BCUT2D eigenvalue weighted by atomic mass is 10.0. The Kier molecular flexibility index (Phi) is 5.87. The van der Waals surface area contributed by atoms with Crippen molar-refractivity contribution < 1.29 is 9.15 Å². The second-order valence-electron chi connectivity index (χ2n) is 7.44. The molecule has 1 N–H and O–H groups in total. The Morgan fingerprint density at radius 3 is 2.58 bits per heavy atom. The van der Waals surface area contributed by atoms with Crippen molar-refractivity contribution in [1.29, 1.82) is 5.26 Å². The maximum absolute atomic E-state index is 9.62. The van der Waals surface area contributed by atoms with Crippen molar-refractivity contribution >= 4 is 16.7 Å². The van der Waals surface area contributed by atoms with Gasteiger partial charge < -0.3 is 19.4 Å². The fourth-order valence-electron chi connectivity index (χ4n) is 3.74. The first-order valence-corrected chi connectivity index (χ1v) is 10.0. The van der Waals surface area contributed by atoms with E-state index in [1.807, 2.05) is 80.8 Å². The first-order chi connectivity index (χ1) is 15.1. The number of fused-ring (bicyclic) bond motifs is 1. The molecule has 0 aliphatic carbocycles. The van der Waals surface area contributed by atoms with Crippen molar-refractivity contribution in [2.24, 2.45) is 0 Å². The van der Waals surface area contributed by atoms with E-state index in [4.69, 9.17) is 9.15 Å². The van der Waals surface area contributed by atoms with Crippen LogP contribution in [0.25, 0.3) is 22.2 Å². The number of rotatable bonds is 7. The zero-order valence-corrected chi connectivity index (χ0v) is 17.8. The van der Waals surface area contributed by atoms with Crippen LogP contribution in [-0.2, 0) is 0 Å². The van der Waals surface area contributed by atoms with Gasteiger partial charge in [0.25, 0.3) is 0 Å². The molecular weight excluding hydrogens is 388 g/mol. The first kappa shape index (κ1) is 20.5. The number of ether oxygens (including phenoxy) is 1. The maximum atomic E-state index is 9.62. The van der Waals surface area contributed by atoms with Gasteiger partial charge in [-0.3, -0.25) is 0 Å². The quantitative estimate of drug-likeness (QED) is 0.456. The van der Waals surface area contributed by atoms with Crippen LogP contribution in [-0.4, -0.2) is 37.6 Å². The largest absolute Gasteiger partial charge is 0.496 e. The van der Waals surface area contributed by atoms with Gasteiger partial charge in [0.05, 0.1) is 13.2 Å². The van der Waals surface area contributed by atoms with E-state index in [2.05, 4.69) is 21.3 Å². The average molecular weight is 412 g/mol. The van der Waals surface area contributed by atoms with Crippen molar-refractivity contribution in [3.8, 4) is 23.3 Å². The summed E-state index contributed by atoms with van der Waals surface area (Å²) in [4.78, 5) is 6.55. The molecule has 1 unspecified atom stereocenters. The monoisotopic (exact) mass is 412 g/mol. The molecule has 0 radical (unpaired) electrons. The Morgan fingerprint density at radius 2 is 1.81 bits per heavy atom. The Morgan fingerprint density at radius 1 is 1.06 bits per heavy atom. The molecule has 6 heteroatoms. The van der Waals surface area contributed by atoms with Gasteiger partial charge in [-0.2, -0.15) is 10.2 Å². The Hall–Kier alpha value is -3.82. The van der Waals surface area contributed by atoms with Gasteiger partial charge in [-0.15, -0.1) is 0 Å². The second-order valence-corrected chi connectivity index (χ2v) is 7.44. The number of likely N-dealkylation sites (N-methyl/N-ethyl adjacent to an activating group) is 1. The van der Waals surface area contributed by atoms with E-state index in [9.17, 15) is 5.26 Å². The standard InChI is InChI=1S/C25H24N4O2/c1-29(2)22(20-12-6-7-14-23(20)30-3)16-27-25-21(15-26)28-24(31-25)19-13-8-10-17-9-4-5-11-18(17)19/h4-14,22,27H,16H2,1-3H3. The molecule has 0 aliphatic rings. The van der Waals surface area contributed by atoms with Gasteiger partial charge in [0.15, 0.2) is 0 Å². The van der Waals surface area contributed by atoms with E-state index in [1.165, 1.54) is 0 Å². The third kappa shape index (κ3) is 4.09. The van der Waals surface area contributed by atoms with Gasteiger partial charge in [0, 0.05) is 17.7 Å². The number of nitrogens with zero attached hydrogens (tertiary/aromatic N) is 3. The summed E-state index contributed by atoms with van der Waals surface area (Å²) in [5, 5.41) is 15.0. The van der Waals surface area contributed by atoms with Gasteiger partial charge in [-0.05, 0) is 37.0 Å². The van der Waals surface area contributed by atoms with E-state index in [0.29, 0.717) is 18.3 Å². The Bertz CT molecular complexity index is 1230. The van der Waals surface area contributed by atoms with E-state index in [1.54, 1.807) is 7.11 Å². The molecule has 0 fully saturated rings. The molecule has 0 bridgehead atoms. The number of anilines is 1. The molecule has 1 heterocycles. The summed E-state index contributed by atoms with van der Waals surface area (Å²) in [7, 11) is 5.68. The van der Waals surface area contributed by atoms with Crippen LogP contribution in [0.3, 0.4) is 0 Å². The molecule has 0 amide bonds. The average Bonchev–Trinajstić information content (AvgIpc) is 3.22. The third-order valence-electron chi connectivity index (χ3n) is 5.33. The summed E-state index contributed by atoms with van der Waals surface area (Å²) in [6.45, 7) is 0.520. The molecule has 31 heavy (non-hydrogen) atoms. The van der Waals surface area contributed by atoms with Crippen LogP contribution in [0.2, 0.25) is 0 Å². The van der Waals surface area contributed by atoms with Crippen LogP contribution >= 0.6 is 0 Å². The maximum Gasteiger partial charge on any atom is 0.232 e. The molecule has 4 rings (SSSR count). The molecule has 156 valence electrons. The lowest BCUT2D eigenvalue weighted by molar-refractivity contribution is 0.299. The second kappa shape index (κ2) is 8.90. The van der Waals surface area contributed by atoms with Crippen LogP contribution in [0, 0.1) is 11.3 Å². The van der Waals surface area contributed by atoms with E-state index in [-0.39, 0.29) is 11.7 Å². The SMILES string of the molecule is COc1ccccc1C(CNc1oc(-c2cccc3ccccc23)nc1C#N)N(C)C. The predicted molar refractivity (Wildman–Crippen MR) is 122 cm³/mol. The third-order valence-corrected chi connectivity index (χ3v) is 5.33. The topological polar surface area (TPSA) is 74.3 Å². The number of benzene rings is 3. The zero-order chi connectivity index (χ0) is 21.8. The summed E-state index contributed by atoms with van der Waals surface area (Å²) in [6.07, 6.45) is 0. The normalized spacial score (nSPS) is 12.0.